The monoisotopic (exact) mass is 838 g/mol. The minimum atomic E-state index is -0.105. The molecule has 0 amide bonds. The summed E-state index contributed by atoms with van der Waals surface area (Å²) in [5.41, 5.74) is 16.1. The van der Waals surface area contributed by atoms with Crippen molar-refractivity contribution in [1.29, 1.82) is 0 Å². The number of para-hydroxylation sites is 1. The molecule has 1 N–H and O–H groups in total. The van der Waals surface area contributed by atoms with Crippen LogP contribution in [-0.4, -0.2) is 15.1 Å². The summed E-state index contributed by atoms with van der Waals surface area (Å²) in [4.78, 5) is 9.95. The van der Waals surface area contributed by atoms with Gasteiger partial charge in [-0.05, 0) is 95.1 Å². The van der Waals surface area contributed by atoms with Crippen molar-refractivity contribution in [2.24, 2.45) is 0 Å². The summed E-state index contributed by atoms with van der Waals surface area (Å²) >= 11 is 0. The van der Waals surface area contributed by atoms with Gasteiger partial charge in [-0.3, -0.25) is 4.98 Å². The van der Waals surface area contributed by atoms with Crippen molar-refractivity contribution in [3.8, 4) is 50.6 Å². The Kier molecular flexibility index (Phi) is 9.39. The van der Waals surface area contributed by atoms with Gasteiger partial charge in [-0.15, -0.1) is 34.9 Å². The van der Waals surface area contributed by atoms with E-state index in [4.69, 9.17) is 14.4 Å². The second kappa shape index (κ2) is 13.3. The van der Waals surface area contributed by atoms with Crippen LogP contribution in [0.25, 0.3) is 66.8 Å². The summed E-state index contributed by atoms with van der Waals surface area (Å²) in [6.45, 7) is 19.5. The SMILES string of the molecule is Cc1cc(-c2cc(-c3c(C)cc(C)cc3C)cc3oc(-c4cc(C(C)(C)C)ccc4O)nc23)[c-]c(-c2cccc3c(C(C)C)ccnc23)c1.[Pt]. The van der Waals surface area contributed by atoms with E-state index in [-0.39, 0.29) is 32.2 Å². The van der Waals surface area contributed by atoms with Crippen LogP contribution in [0, 0.1) is 33.8 Å². The van der Waals surface area contributed by atoms with E-state index in [1.165, 1.54) is 33.2 Å². The van der Waals surface area contributed by atoms with Crippen molar-refractivity contribution in [3.63, 3.8) is 0 Å². The molecule has 2 heterocycles. The molecule has 0 saturated carbocycles. The molecule has 0 spiro atoms. The zero-order chi connectivity index (χ0) is 34.8. The molecule has 0 aliphatic rings. The number of aromatic nitrogens is 2. The molecule has 50 heavy (non-hydrogen) atoms. The first-order valence-corrected chi connectivity index (χ1v) is 17.1. The molecule has 2 aromatic heterocycles. The number of pyridine rings is 1. The Hall–Kier alpha value is -4.53. The van der Waals surface area contributed by atoms with Crippen LogP contribution in [0.5, 0.6) is 5.75 Å². The molecule has 0 aliphatic heterocycles. The fourth-order valence-corrected chi connectivity index (χ4v) is 7.23. The van der Waals surface area contributed by atoms with Gasteiger partial charge >= 0.3 is 0 Å². The normalized spacial score (nSPS) is 11.8. The van der Waals surface area contributed by atoms with Gasteiger partial charge in [-0.1, -0.05) is 101 Å². The zero-order valence-corrected chi connectivity index (χ0v) is 32.5. The van der Waals surface area contributed by atoms with Crippen molar-refractivity contribution in [2.75, 3.05) is 0 Å². The first kappa shape index (κ1) is 35.3. The smallest absolute Gasteiger partial charge is 0.230 e. The van der Waals surface area contributed by atoms with Crippen LogP contribution in [0.2, 0.25) is 0 Å². The molecule has 5 heteroatoms. The van der Waals surface area contributed by atoms with Gasteiger partial charge in [0.1, 0.15) is 11.3 Å². The van der Waals surface area contributed by atoms with Crippen LogP contribution in [0.4, 0.5) is 0 Å². The Balaban J connectivity index is 0.00000432. The largest absolute Gasteiger partial charge is 0.507 e. The summed E-state index contributed by atoms with van der Waals surface area (Å²) in [7, 11) is 0. The van der Waals surface area contributed by atoms with Gasteiger partial charge < -0.3 is 9.52 Å². The summed E-state index contributed by atoms with van der Waals surface area (Å²) in [6, 6.07) is 31.1. The topological polar surface area (TPSA) is 59.2 Å². The minimum Gasteiger partial charge on any atom is -0.507 e. The molecule has 0 bridgehead atoms. The van der Waals surface area contributed by atoms with E-state index >= 15 is 0 Å². The number of hydrogen-bond donors (Lipinski definition) is 1. The molecular weight excluding hydrogens is 796 g/mol. The van der Waals surface area contributed by atoms with Crippen LogP contribution in [0.1, 0.15) is 73.9 Å². The first-order valence-electron chi connectivity index (χ1n) is 17.1. The number of benzene rings is 5. The van der Waals surface area contributed by atoms with Gasteiger partial charge in [0.15, 0.2) is 0 Å². The van der Waals surface area contributed by atoms with Gasteiger partial charge in [0.2, 0.25) is 5.89 Å². The minimum absolute atomic E-state index is 0. The summed E-state index contributed by atoms with van der Waals surface area (Å²) < 4.78 is 6.57. The fraction of sp³-hybridized carbons (Fsp3) is 0.244. The number of aromatic hydroxyl groups is 1. The molecule has 4 nitrogen and oxygen atoms in total. The van der Waals surface area contributed by atoms with Crippen molar-refractivity contribution in [1.82, 2.24) is 9.97 Å². The molecule has 0 aliphatic carbocycles. The Labute approximate surface area is 309 Å². The van der Waals surface area contributed by atoms with Gasteiger partial charge in [0.05, 0.1) is 11.1 Å². The number of phenols is 1. The van der Waals surface area contributed by atoms with Gasteiger partial charge in [-0.25, -0.2) is 4.98 Å². The Morgan fingerprint density at radius 2 is 1.42 bits per heavy atom. The maximum absolute atomic E-state index is 11.0. The average molecular weight is 839 g/mol. The summed E-state index contributed by atoms with van der Waals surface area (Å²) in [5.74, 6) is 0.911. The van der Waals surface area contributed by atoms with Crippen LogP contribution in [-0.2, 0) is 26.5 Å². The van der Waals surface area contributed by atoms with Gasteiger partial charge in [-0.2, -0.15) is 0 Å². The third kappa shape index (κ3) is 6.42. The maximum Gasteiger partial charge on any atom is 0.230 e. The Morgan fingerprint density at radius 1 is 0.740 bits per heavy atom. The fourth-order valence-electron chi connectivity index (χ4n) is 7.23. The van der Waals surface area contributed by atoms with Crippen molar-refractivity contribution in [2.45, 2.75) is 73.6 Å². The Bertz CT molecular complexity index is 2390. The van der Waals surface area contributed by atoms with Crippen LogP contribution in [0.15, 0.2) is 89.5 Å². The number of nitrogens with zero attached hydrogens (tertiary/aromatic N) is 2. The van der Waals surface area contributed by atoms with E-state index < -0.39 is 0 Å². The average Bonchev–Trinajstić information content (AvgIpc) is 3.46. The summed E-state index contributed by atoms with van der Waals surface area (Å²) in [5, 5.41) is 12.2. The van der Waals surface area contributed by atoms with E-state index in [1.54, 1.807) is 6.07 Å². The second-order valence-electron chi connectivity index (χ2n) is 14.9. The Morgan fingerprint density at radius 3 is 2.10 bits per heavy atom. The number of hydrogen-bond acceptors (Lipinski definition) is 4. The van der Waals surface area contributed by atoms with E-state index in [9.17, 15) is 5.11 Å². The van der Waals surface area contributed by atoms with Gasteiger partial charge in [0.25, 0.3) is 0 Å². The van der Waals surface area contributed by atoms with E-state index in [0.717, 1.165) is 50.0 Å². The molecule has 256 valence electrons. The first-order chi connectivity index (χ1) is 23.3. The van der Waals surface area contributed by atoms with Crippen molar-refractivity contribution in [3.05, 3.63) is 125 Å². The number of oxazole rings is 1. The third-order valence-corrected chi connectivity index (χ3v) is 9.57. The molecule has 0 atom stereocenters. The molecule has 7 rings (SSSR count). The molecule has 0 radical (unpaired) electrons. The standard InChI is InChI=1S/C45H43N2O2.Pt/c1-25(2)34-15-16-46-42-35(11-10-12-36(34)42)30-19-27(4)20-31(21-30)37-22-32(41-28(5)17-26(3)18-29(41)6)23-40-43(37)47-44(49-40)38-24-33(45(7,8)9)13-14-39(38)48;/h10-20,22-25,48H,1-9H3;/q-1;. The second-order valence-corrected chi connectivity index (χ2v) is 14.9. The van der Waals surface area contributed by atoms with Crippen LogP contribution in [0.3, 0.4) is 0 Å². The predicted octanol–water partition coefficient (Wildman–Crippen LogP) is 12.2. The van der Waals surface area contributed by atoms with E-state index in [1.807, 2.05) is 18.3 Å². The molecule has 0 fully saturated rings. The van der Waals surface area contributed by atoms with Gasteiger partial charge in [0, 0.05) is 32.8 Å². The third-order valence-electron chi connectivity index (χ3n) is 9.57. The maximum atomic E-state index is 11.0. The molecule has 0 saturated heterocycles. The number of fused-ring (bicyclic) bond motifs is 2. The number of phenolic OH excluding ortho intramolecular Hbond substituents is 1. The van der Waals surface area contributed by atoms with Crippen LogP contribution >= 0.6 is 0 Å². The van der Waals surface area contributed by atoms with Crippen molar-refractivity contribution < 1.29 is 30.6 Å². The van der Waals surface area contributed by atoms with Crippen molar-refractivity contribution >= 4 is 22.0 Å². The quantitative estimate of drug-likeness (QED) is 0.175. The molecule has 5 aromatic carbocycles. The van der Waals surface area contributed by atoms with E-state index in [2.05, 4.69) is 129 Å². The van der Waals surface area contributed by atoms with Crippen LogP contribution < -0.4 is 0 Å². The molecule has 0 unspecified atom stereocenters. The predicted molar refractivity (Wildman–Crippen MR) is 203 cm³/mol. The summed E-state index contributed by atoms with van der Waals surface area (Å²) in [6.07, 6.45) is 1.91. The number of aryl methyl sites for hydroxylation is 4. The number of rotatable bonds is 5. The molecule has 7 aromatic rings. The zero-order valence-electron chi connectivity index (χ0n) is 30.2. The molecular formula is C45H43N2O2Pt-. The van der Waals surface area contributed by atoms with E-state index in [0.29, 0.717) is 23.0 Å².